The Bertz CT molecular complexity index is 520. The molecule has 1 aromatic rings. The lowest BCUT2D eigenvalue weighted by Crippen LogP contribution is -2.15. The summed E-state index contributed by atoms with van der Waals surface area (Å²) in [5.41, 5.74) is 0.958. The molecule has 0 aromatic heterocycles. The van der Waals surface area contributed by atoms with E-state index in [2.05, 4.69) is 0 Å². The number of esters is 1. The van der Waals surface area contributed by atoms with Crippen LogP contribution < -0.4 is 0 Å². The van der Waals surface area contributed by atoms with E-state index in [1.165, 1.54) is 0 Å². The van der Waals surface area contributed by atoms with Crippen LogP contribution in [0.1, 0.15) is 22.8 Å². The third-order valence-electron chi connectivity index (χ3n) is 3.33. The van der Waals surface area contributed by atoms with Gasteiger partial charge in [-0.1, -0.05) is 18.2 Å². The van der Waals surface area contributed by atoms with E-state index in [0.717, 1.165) is 0 Å². The van der Waals surface area contributed by atoms with E-state index in [1.807, 2.05) is 6.92 Å². The van der Waals surface area contributed by atoms with E-state index >= 15 is 0 Å². The van der Waals surface area contributed by atoms with Gasteiger partial charge in [0.05, 0.1) is 51.8 Å². The predicted octanol–water partition coefficient (Wildman–Crippen LogP) is 1.60. The van der Waals surface area contributed by atoms with E-state index in [9.17, 15) is 9.59 Å². The van der Waals surface area contributed by atoms with E-state index in [-0.39, 0.29) is 19.8 Å². The van der Waals surface area contributed by atoms with Gasteiger partial charge in [0, 0.05) is 12.2 Å². The molecule has 1 aromatic carbocycles. The lowest BCUT2D eigenvalue weighted by Gasteiger charge is -2.09. The Morgan fingerprint density at radius 1 is 0.852 bits per heavy atom. The van der Waals surface area contributed by atoms with E-state index in [0.29, 0.717) is 63.8 Å². The summed E-state index contributed by atoms with van der Waals surface area (Å²) in [4.78, 5) is 22.4. The molecule has 0 N–H and O–H groups in total. The molecule has 8 heteroatoms. The van der Waals surface area contributed by atoms with Crippen LogP contribution in [0, 0.1) is 0 Å². The average Bonchev–Trinajstić information content (AvgIpc) is 2.70. The Labute approximate surface area is 159 Å². The van der Waals surface area contributed by atoms with Crippen LogP contribution in [0.2, 0.25) is 0 Å². The van der Waals surface area contributed by atoms with Crippen LogP contribution in [0.25, 0.3) is 0 Å². The highest BCUT2D eigenvalue weighted by molar-refractivity contribution is 5.91. The largest absolute Gasteiger partial charge is 0.463 e. The first-order valence-electron chi connectivity index (χ1n) is 8.90. The van der Waals surface area contributed by atoms with Crippen molar-refractivity contribution in [1.82, 2.24) is 0 Å². The molecule has 0 saturated carbocycles. The Kier molecular flexibility index (Phi) is 13.8. The minimum Gasteiger partial charge on any atom is -0.463 e. The van der Waals surface area contributed by atoms with Gasteiger partial charge >= 0.3 is 5.97 Å². The third-order valence-corrected chi connectivity index (χ3v) is 3.33. The van der Waals surface area contributed by atoms with Gasteiger partial charge in [0.25, 0.3) is 6.47 Å². The molecule has 27 heavy (non-hydrogen) atoms. The molecule has 0 radical (unpaired) electrons. The van der Waals surface area contributed by atoms with Gasteiger partial charge in [0.1, 0.15) is 13.2 Å². The van der Waals surface area contributed by atoms with Crippen molar-refractivity contribution in [2.45, 2.75) is 13.5 Å². The standard InChI is InChI=1S/C19H28O8/c1-2-22-7-8-23-9-10-24-11-12-25-13-14-27-19(21)18-6-4-3-5-17(18)15-26-16-20/h3-6,16H,2,7-15H2,1H3. The number of hydrogen-bond donors (Lipinski definition) is 0. The van der Waals surface area contributed by atoms with Crippen LogP contribution in [0.3, 0.4) is 0 Å². The summed E-state index contributed by atoms with van der Waals surface area (Å²) in [6.07, 6.45) is 0. The van der Waals surface area contributed by atoms with Gasteiger partial charge in [0.2, 0.25) is 0 Å². The molecule has 0 atom stereocenters. The van der Waals surface area contributed by atoms with Crippen molar-refractivity contribution in [3.63, 3.8) is 0 Å². The van der Waals surface area contributed by atoms with Gasteiger partial charge in [-0.15, -0.1) is 0 Å². The maximum Gasteiger partial charge on any atom is 0.338 e. The Balaban J connectivity index is 2.02. The molecule has 1 rings (SSSR count). The van der Waals surface area contributed by atoms with Gasteiger partial charge in [-0.3, -0.25) is 4.79 Å². The second-order valence-electron chi connectivity index (χ2n) is 5.23. The summed E-state index contributed by atoms with van der Waals surface area (Å²) in [6, 6.07) is 6.80. The van der Waals surface area contributed by atoms with Crippen LogP contribution in [0.15, 0.2) is 24.3 Å². The molecule has 0 heterocycles. The topological polar surface area (TPSA) is 89.5 Å². The molecule has 0 aliphatic rings. The van der Waals surface area contributed by atoms with E-state index in [4.69, 9.17) is 28.4 Å². The number of benzene rings is 1. The fourth-order valence-corrected chi connectivity index (χ4v) is 2.04. The normalized spacial score (nSPS) is 10.6. The molecular weight excluding hydrogens is 356 g/mol. The fourth-order valence-electron chi connectivity index (χ4n) is 2.04. The molecule has 152 valence electrons. The molecule has 0 unspecified atom stereocenters. The van der Waals surface area contributed by atoms with E-state index in [1.54, 1.807) is 24.3 Å². The summed E-state index contributed by atoms with van der Waals surface area (Å²) >= 11 is 0. The first-order chi connectivity index (χ1) is 13.3. The van der Waals surface area contributed by atoms with Crippen LogP contribution >= 0.6 is 0 Å². The number of ether oxygens (including phenoxy) is 6. The molecule has 0 fully saturated rings. The van der Waals surface area contributed by atoms with Gasteiger partial charge in [-0.2, -0.15) is 0 Å². The smallest absolute Gasteiger partial charge is 0.338 e. The summed E-state index contributed by atoms with van der Waals surface area (Å²) < 4.78 is 31.0. The number of hydrogen-bond acceptors (Lipinski definition) is 8. The summed E-state index contributed by atoms with van der Waals surface area (Å²) in [5, 5.41) is 0. The molecular formula is C19H28O8. The third kappa shape index (κ3) is 11.3. The van der Waals surface area contributed by atoms with Crippen molar-refractivity contribution in [2.24, 2.45) is 0 Å². The molecule has 8 nitrogen and oxygen atoms in total. The van der Waals surface area contributed by atoms with Crippen molar-refractivity contribution in [2.75, 3.05) is 59.5 Å². The molecule has 0 aliphatic carbocycles. The Morgan fingerprint density at radius 3 is 2.00 bits per heavy atom. The average molecular weight is 384 g/mol. The minimum absolute atomic E-state index is 0.0257. The van der Waals surface area contributed by atoms with Gasteiger partial charge in [-0.25, -0.2) is 4.79 Å². The lowest BCUT2D eigenvalue weighted by molar-refractivity contribution is -0.129. The number of carbonyl (C=O) groups excluding carboxylic acids is 2. The summed E-state index contributed by atoms with van der Waals surface area (Å²) in [7, 11) is 0. The second-order valence-corrected chi connectivity index (χ2v) is 5.23. The van der Waals surface area contributed by atoms with E-state index < -0.39 is 5.97 Å². The highest BCUT2D eigenvalue weighted by Crippen LogP contribution is 2.11. The van der Waals surface area contributed by atoms with Gasteiger partial charge in [0.15, 0.2) is 0 Å². The van der Waals surface area contributed by atoms with Crippen molar-refractivity contribution < 1.29 is 38.0 Å². The SMILES string of the molecule is CCOCCOCCOCCOCCOC(=O)c1ccccc1COC=O. The zero-order chi connectivity index (χ0) is 19.6. The Morgan fingerprint density at radius 2 is 1.41 bits per heavy atom. The maximum absolute atomic E-state index is 12.1. The Hall–Kier alpha value is -2.00. The summed E-state index contributed by atoms with van der Waals surface area (Å²) in [6.45, 7) is 6.38. The van der Waals surface area contributed by atoms with Crippen LogP contribution in [-0.2, 0) is 39.8 Å². The monoisotopic (exact) mass is 384 g/mol. The maximum atomic E-state index is 12.1. The highest BCUT2D eigenvalue weighted by atomic mass is 16.6. The van der Waals surface area contributed by atoms with Gasteiger partial charge < -0.3 is 28.4 Å². The van der Waals surface area contributed by atoms with Crippen LogP contribution in [0.4, 0.5) is 0 Å². The molecule has 0 amide bonds. The highest BCUT2D eigenvalue weighted by Gasteiger charge is 2.12. The number of carbonyl (C=O) groups is 2. The lowest BCUT2D eigenvalue weighted by atomic mass is 10.1. The molecule has 0 aliphatic heterocycles. The predicted molar refractivity (Wildman–Crippen MR) is 96.5 cm³/mol. The van der Waals surface area contributed by atoms with Crippen molar-refractivity contribution in [1.29, 1.82) is 0 Å². The zero-order valence-corrected chi connectivity index (χ0v) is 15.7. The summed E-state index contributed by atoms with van der Waals surface area (Å²) in [5.74, 6) is -0.482. The fraction of sp³-hybridized carbons (Fsp3) is 0.579. The zero-order valence-electron chi connectivity index (χ0n) is 15.7. The van der Waals surface area contributed by atoms with Crippen LogP contribution in [-0.4, -0.2) is 71.9 Å². The quantitative estimate of drug-likeness (QED) is 0.227. The van der Waals surface area contributed by atoms with Crippen molar-refractivity contribution in [3.05, 3.63) is 35.4 Å². The molecule has 0 spiro atoms. The van der Waals surface area contributed by atoms with Crippen molar-refractivity contribution in [3.8, 4) is 0 Å². The first kappa shape index (κ1) is 23.0. The van der Waals surface area contributed by atoms with Crippen LogP contribution in [0.5, 0.6) is 0 Å². The van der Waals surface area contributed by atoms with Gasteiger partial charge in [-0.05, 0) is 13.0 Å². The number of rotatable bonds is 17. The van der Waals surface area contributed by atoms with Crippen molar-refractivity contribution >= 4 is 12.4 Å². The second kappa shape index (κ2) is 16.2. The molecule has 0 bridgehead atoms. The first-order valence-corrected chi connectivity index (χ1v) is 8.90. The molecule has 0 saturated heterocycles. The minimum atomic E-state index is -0.482.